The minimum atomic E-state index is -0.0736. The van der Waals surface area contributed by atoms with Gasteiger partial charge in [0, 0.05) is 5.56 Å². The highest BCUT2D eigenvalue weighted by Gasteiger charge is 2.17. The summed E-state index contributed by atoms with van der Waals surface area (Å²) >= 11 is 0. The highest BCUT2D eigenvalue weighted by molar-refractivity contribution is 6.14. The largest absolute Gasteiger partial charge is 0.325 e. The molecule has 36 heavy (non-hydrogen) atoms. The smallest absolute Gasteiger partial charge is 0.144 e. The summed E-state index contributed by atoms with van der Waals surface area (Å²) in [7, 11) is 0. The van der Waals surface area contributed by atoms with Crippen molar-refractivity contribution in [1.82, 2.24) is 5.32 Å². The minimum Gasteiger partial charge on any atom is -0.325 e. The van der Waals surface area contributed by atoms with Gasteiger partial charge in [0.15, 0.2) is 0 Å². The first-order valence-corrected chi connectivity index (χ1v) is 13.1. The van der Waals surface area contributed by atoms with E-state index < -0.39 is 0 Å². The van der Waals surface area contributed by atoms with Gasteiger partial charge < -0.3 is 5.32 Å². The number of allylic oxidation sites excluding steroid dienone is 11. The summed E-state index contributed by atoms with van der Waals surface area (Å²) in [5.41, 5.74) is 6.41. The fourth-order valence-corrected chi connectivity index (χ4v) is 4.18. The Hall–Kier alpha value is -3.46. The predicted octanol–water partition coefficient (Wildman–Crippen LogP) is 8.29. The molecule has 0 fully saturated rings. The van der Waals surface area contributed by atoms with Crippen molar-refractivity contribution < 1.29 is 0 Å². The second-order valence-electron chi connectivity index (χ2n) is 10.2. The summed E-state index contributed by atoms with van der Waals surface area (Å²) in [6, 6.07) is 6.64. The third kappa shape index (κ3) is 7.78. The first-order chi connectivity index (χ1) is 17.3. The number of hydrogen-bond acceptors (Lipinski definition) is 3. The van der Waals surface area contributed by atoms with E-state index in [4.69, 9.17) is 9.98 Å². The number of fused-ring (bicyclic) bond motifs is 1. The van der Waals surface area contributed by atoms with Crippen LogP contribution < -0.4 is 5.32 Å². The lowest BCUT2D eigenvalue weighted by Crippen LogP contribution is -2.36. The molecule has 188 valence electrons. The third-order valence-corrected chi connectivity index (χ3v) is 6.29. The lowest BCUT2D eigenvalue weighted by atomic mass is 9.83. The van der Waals surface area contributed by atoms with Crippen LogP contribution >= 0.6 is 0 Å². The van der Waals surface area contributed by atoms with Crippen LogP contribution in [0.1, 0.15) is 70.6 Å². The minimum absolute atomic E-state index is 0.0736. The summed E-state index contributed by atoms with van der Waals surface area (Å²) in [5, 5.41) is 3.45. The monoisotopic (exact) mass is 479 g/mol. The maximum atomic E-state index is 4.85. The Bertz CT molecular complexity index is 1170. The van der Waals surface area contributed by atoms with Crippen molar-refractivity contribution in [2.24, 2.45) is 15.4 Å². The van der Waals surface area contributed by atoms with Crippen molar-refractivity contribution in [2.45, 2.75) is 66.5 Å². The molecule has 1 aliphatic carbocycles. The van der Waals surface area contributed by atoms with E-state index in [2.05, 4.69) is 113 Å². The number of aryl methyl sites for hydroxylation is 1. The van der Waals surface area contributed by atoms with E-state index in [1.54, 1.807) is 0 Å². The molecular formula is C33H41N3. The molecule has 0 bridgehead atoms. The van der Waals surface area contributed by atoms with Gasteiger partial charge in [-0.1, -0.05) is 113 Å². The number of rotatable bonds is 9. The maximum absolute atomic E-state index is 4.85. The summed E-state index contributed by atoms with van der Waals surface area (Å²) in [5.74, 6) is 1.73. The van der Waals surface area contributed by atoms with Gasteiger partial charge in [-0.25, -0.2) is 9.98 Å². The molecule has 0 radical (unpaired) electrons. The molecule has 1 atom stereocenters. The molecule has 1 aromatic rings. The zero-order chi connectivity index (χ0) is 26.0. The van der Waals surface area contributed by atoms with E-state index in [0.717, 1.165) is 48.5 Å². The second-order valence-corrected chi connectivity index (χ2v) is 10.2. The number of amidine groups is 2. The van der Waals surface area contributed by atoms with E-state index in [-0.39, 0.29) is 11.6 Å². The first kappa shape index (κ1) is 27.1. The van der Waals surface area contributed by atoms with Gasteiger partial charge in [0.05, 0.1) is 0 Å². The van der Waals surface area contributed by atoms with Crippen LogP contribution in [0.3, 0.4) is 0 Å². The van der Waals surface area contributed by atoms with E-state index in [0.29, 0.717) is 0 Å². The lowest BCUT2D eigenvalue weighted by molar-refractivity contribution is 0.493. The van der Waals surface area contributed by atoms with E-state index in [1.807, 2.05) is 18.2 Å². The first-order valence-electron chi connectivity index (χ1n) is 13.1. The average molecular weight is 480 g/mol. The number of benzene rings is 1. The van der Waals surface area contributed by atoms with E-state index >= 15 is 0 Å². The number of hydrogen-bond donors (Lipinski definition) is 1. The summed E-state index contributed by atoms with van der Waals surface area (Å²) in [4.78, 5) is 9.65. The third-order valence-electron chi connectivity index (χ3n) is 6.29. The van der Waals surface area contributed by atoms with Crippen LogP contribution in [-0.2, 0) is 6.42 Å². The summed E-state index contributed by atoms with van der Waals surface area (Å²) in [6.07, 6.45) is 27.1. The predicted molar refractivity (Wildman–Crippen MR) is 159 cm³/mol. The van der Waals surface area contributed by atoms with Crippen molar-refractivity contribution in [1.29, 1.82) is 0 Å². The van der Waals surface area contributed by atoms with Gasteiger partial charge in [0.2, 0.25) is 0 Å². The van der Waals surface area contributed by atoms with Crippen molar-refractivity contribution in [3.63, 3.8) is 0 Å². The normalized spacial score (nSPS) is 19.0. The Morgan fingerprint density at radius 3 is 2.75 bits per heavy atom. The summed E-state index contributed by atoms with van der Waals surface area (Å²) < 4.78 is 0. The van der Waals surface area contributed by atoms with Crippen LogP contribution in [0.2, 0.25) is 0 Å². The van der Waals surface area contributed by atoms with Gasteiger partial charge in [0.25, 0.3) is 0 Å². The zero-order valence-electron chi connectivity index (χ0n) is 22.6. The topological polar surface area (TPSA) is 36.8 Å². The average Bonchev–Trinajstić information content (AvgIpc) is 2.87. The molecule has 0 unspecified atom stereocenters. The highest BCUT2D eigenvalue weighted by atomic mass is 15.2. The number of aliphatic imine (C=N–C) groups is 2. The summed E-state index contributed by atoms with van der Waals surface area (Å²) in [6.45, 7) is 14.7. The van der Waals surface area contributed by atoms with Crippen molar-refractivity contribution in [2.75, 3.05) is 0 Å². The Labute approximate surface area is 218 Å². The number of nitrogens with zero attached hydrogens (tertiary/aromatic N) is 2. The van der Waals surface area contributed by atoms with Gasteiger partial charge in [-0.3, -0.25) is 0 Å². The van der Waals surface area contributed by atoms with Crippen molar-refractivity contribution >= 4 is 17.7 Å². The molecular weight excluding hydrogens is 438 g/mol. The fraction of sp³-hybridized carbons (Fsp3) is 0.333. The van der Waals surface area contributed by atoms with Crippen LogP contribution in [0.4, 0.5) is 0 Å². The van der Waals surface area contributed by atoms with Gasteiger partial charge >= 0.3 is 0 Å². The molecule has 1 aromatic carbocycles. The second kappa shape index (κ2) is 13.0. The lowest BCUT2D eigenvalue weighted by Gasteiger charge is -2.22. The molecule has 0 aromatic heterocycles. The Morgan fingerprint density at radius 1 is 1.19 bits per heavy atom. The SMILES string of the molecule is C=C/C=C\C/C(=C/C(/C=C\C)=C/C=C/C1=N[C@@H](CC)N=C(c2ccc3c(c2)C=CCC3)N1)C(C)(C)C. The molecule has 0 spiro atoms. The standard InChI is InChI=1S/C33H41N3/c1-7-10-11-19-29(33(4,5)6)23-25(15-8-2)16-14-20-31-34-30(9-3)35-32(36-31)28-22-21-26-17-12-13-18-27(26)24-28/h7-8,10-11,13-16,18,20-24,30H,1,9,12,17,19H2,2-6H3,(H,34,35,36)/b11-10-,15-8-,20-14+,25-16+,29-23-/t30-/m1/s1. The highest BCUT2D eigenvalue weighted by Crippen LogP contribution is 2.30. The maximum Gasteiger partial charge on any atom is 0.144 e. The quantitative estimate of drug-likeness (QED) is 0.355. The molecule has 3 rings (SSSR count). The fourth-order valence-electron chi connectivity index (χ4n) is 4.18. The number of nitrogens with one attached hydrogen (secondary N) is 1. The Morgan fingerprint density at radius 2 is 2.03 bits per heavy atom. The molecule has 0 saturated heterocycles. The molecule has 3 nitrogen and oxygen atoms in total. The van der Waals surface area contributed by atoms with Gasteiger partial charge in [0.1, 0.15) is 17.8 Å². The van der Waals surface area contributed by atoms with E-state index in [9.17, 15) is 0 Å². The molecule has 0 amide bonds. The van der Waals surface area contributed by atoms with Crippen LogP contribution in [0, 0.1) is 5.41 Å². The van der Waals surface area contributed by atoms with Crippen LogP contribution in [-0.4, -0.2) is 17.8 Å². The molecule has 1 aliphatic heterocycles. The van der Waals surface area contributed by atoms with Crippen molar-refractivity contribution in [3.05, 3.63) is 113 Å². The van der Waals surface area contributed by atoms with Crippen molar-refractivity contribution in [3.8, 4) is 0 Å². The van der Waals surface area contributed by atoms with Crippen LogP contribution in [0.25, 0.3) is 6.08 Å². The van der Waals surface area contributed by atoms with Gasteiger partial charge in [-0.2, -0.15) is 0 Å². The van der Waals surface area contributed by atoms with Crippen LogP contribution in [0.15, 0.2) is 107 Å². The van der Waals surface area contributed by atoms with Crippen LogP contribution in [0.5, 0.6) is 0 Å². The van der Waals surface area contributed by atoms with Gasteiger partial charge in [-0.05, 0) is 66.9 Å². The molecule has 1 N–H and O–H groups in total. The van der Waals surface area contributed by atoms with E-state index in [1.165, 1.54) is 16.7 Å². The Kier molecular flexibility index (Phi) is 9.81. The molecule has 0 saturated carbocycles. The molecule has 3 heteroatoms. The molecule has 2 aliphatic rings. The van der Waals surface area contributed by atoms with Gasteiger partial charge in [-0.15, -0.1) is 0 Å². The zero-order valence-corrected chi connectivity index (χ0v) is 22.6. The molecule has 1 heterocycles. The Balaban J connectivity index is 1.83.